The van der Waals surface area contributed by atoms with E-state index in [0.29, 0.717) is 12.6 Å². The van der Waals surface area contributed by atoms with E-state index in [4.69, 9.17) is 9.84 Å². The van der Waals surface area contributed by atoms with E-state index in [1.165, 1.54) is 25.0 Å². The SMILES string of the molecule is CN1CCCCC1CCOc1ccc(F)cc1C(=O)O. The summed E-state index contributed by atoms with van der Waals surface area (Å²) in [5.41, 5.74) is -0.123. The molecule has 0 bridgehead atoms. The minimum atomic E-state index is -1.17. The molecule has 20 heavy (non-hydrogen) atoms. The molecule has 1 N–H and O–H groups in total. The number of nitrogens with zero attached hydrogens (tertiary/aromatic N) is 1. The Morgan fingerprint density at radius 3 is 3.00 bits per heavy atom. The molecule has 5 heteroatoms. The smallest absolute Gasteiger partial charge is 0.339 e. The number of likely N-dealkylation sites (tertiary alicyclic amines) is 1. The molecule has 0 aromatic heterocycles. The number of ether oxygens (including phenoxy) is 1. The summed E-state index contributed by atoms with van der Waals surface area (Å²) in [5, 5.41) is 9.03. The third kappa shape index (κ3) is 3.70. The van der Waals surface area contributed by atoms with Gasteiger partial charge in [-0.2, -0.15) is 0 Å². The van der Waals surface area contributed by atoms with Gasteiger partial charge >= 0.3 is 5.97 Å². The Hall–Kier alpha value is -1.62. The molecule has 1 heterocycles. The van der Waals surface area contributed by atoms with Crippen LogP contribution in [-0.4, -0.2) is 42.2 Å². The minimum Gasteiger partial charge on any atom is -0.493 e. The van der Waals surface area contributed by atoms with Gasteiger partial charge < -0.3 is 14.7 Å². The number of rotatable bonds is 5. The molecule has 110 valence electrons. The summed E-state index contributed by atoms with van der Waals surface area (Å²) in [7, 11) is 2.10. The van der Waals surface area contributed by atoms with Crippen LogP contribution in [0.2, 0.25) is 0 Å². The van der Waals surface area contributed by atoms with Crippen molar-refractivity contribution >= 4 is 5.97 Å². The normalized spacial score (nSPS) is 19.8. The highest BCUT2D eigenvalue weighted by molar-refractivity contribution is 5.90. The number of aromatic carboxylic acids is 1. The van der Waals surface area contributed by atoms with Crippen LogP contribution in [0.5, 0.6) is 5.75 Å². The number of hydrogen-bond donors (Lipinski definition) is 1. The van der Waals surface area contributed by atoms with Gasteiger partial charge in [0.2, 0.25) is 0 Å². The van der Waals surface area contributed by atoms with Crippen LogP contribution in [0.25, 0.3) is 0 Å². The molecule has 0 amide bonds. The van der Waals surface area contributed by atoms with Crippen molar-refractivity contribution in [2.75, 3.05) is 20.2 Å². The summed E-state index contributed by atoms with van der Waals surface area (Å²) < 4.78 is 18.6. The Morgan fingerprint density at radius 2 is 2.30 bits per heavy atom. The van der Waals surface area contributed by atoms with E-state index >= 15 is 0 Å². The maximum Gasteiger partial charge on any atom is 0.339 e. The molecular formula is C15H20FNO3. The van der Waals surface area contributed by atoms with Crippen LogP contribution in [0.4, 0.5) is 4.39 Å². The Morgan fingerprint density at radius 1 is 1.50 bits per heavy atom. The van der Waals surface area contributed by atoms with E-state index < -0.39 is 11.8 Å². The van der Waals surface area contributed by atoms with E-state index in [1.807, 2.05) is 0 Å². The molecule has 1 aromatic carbocycles. The third-order valence-corrected chi connectivity index (χ3v) is 3.80. The number of carboxylic acid groups (broad SMARTS) is 1. The Balaban J connectivity index is 1.92. The zero-order valence-electron chi connectivity index (χ0n) is 11.6. The fourth-order valence-corrected chi connectivity index (χ4v) is 2.61. The zero-order valence-corrected chi connectivity index (χ0v) is 11.6. The number of benzene rings is 1. The lowest BCUT2D eigenvalue weighted by molar-refractivity contribution is 0.0690. The minimum absolute atomic E-state index is 0.123. The van der Waals surface area contributed by atoms with Crippen LogP contribution in [-0.2, 0) is 0 Å². The molecule has 1 saturated heterocycles. The summed E-state index contributed by atoms with van der Waals surface area (Å²) in [5.74, 6) is -1.51. The lowest BCUT2D eigenvalue weighted by atomic mass is 10.0. The van der Waals surface area contributed by atoms with Gasteiger partial charge in [-0.25, -0.2) is 9.18 Å². The number of carbonyl (C=O) groups is 1. The molecule has 2 rings (SSSR count). The van der Waals surface area contributed by atoms with Crippen molar-refractivity contribution in [2.45, 2.75) is 31.7 Å². The molecule has 4 nitrogen and oxygen atoms in total. The van der Waals surface area contributed by atoms with Crippen molar-refractivity contribution in [3.8, 4) is 5.75 Å². The predicted octanol–water partition coefficient (Wildman–Crippen LogP) is 2.78. The van der Waals surface area contributed by atoms with Crippen molar-refractivity contribution < 1.29 is 19.0 Å². The van der Waals surface area contributed by atoms with Crippen molar-refractivity contribution in [3.63, 3.8) is 0 Å². The van der Waals surface area contributed by atoms with Gasteiger partial charge in [0.1, 0.15) is 17.1 Å². The van der Waals surface area contributed by atoms with Gasteiger partial charge in [0.15, 0.2) is 0 Å². The van der Waals surface area contributed by atoms with Crippen molar-refractivity contribution in [3.05, 3.63) is 29.6 Å². The topological polar surface area (TPSA) is 49.8 Å². The number of carboxylic acids is 1. The second-order valence-electron chi connectivity index (χ2n) is 5.21. The molecule has 0 radical (unpaired) electrons. The Bertz CT molecular complexity index is 478. The van der Waals surface area contributed by atoms with Gasteiger partial charge in [-0.3, -0.25) is 0 Å². The van der Waals surface area contributed by atoms with Crippen LogP contribution >= 0.6 is 0 Å². The number of halogens is 1. The summed E-state index contributed by atoms with van der Waals surface area (Å²) in [4.78, 5) is 13.4. The molecule has 1 fully saturated rings. The van der Waals surface area contributed by atoms with Crippen LogP contribution in [0, 0.1) is 5.82 Å². The first-order chi connectivity index (χ1) is 9.58. The average Bonchev–Trinajstić information content (AvgIpc) is 2.42. The third-order valence-electron chi connectivity index (χ3n) is 3.80. The maximum atomic E-state index is 13.0. The predicted molar refractivity (Wildman–Crippen MR) is 73.7 cm³/mol. The highest BCUT2D eigenvalue weighted by atomic mass is 19.1. The quantitative estimate of drug-likeness (QED) is 0.901. The van der Waals surface area contributed by atoms with Crippen molar-refractivity contribution in [1.29, 1.82) is 0 Å². The lowest BCUT2D eigenvalue weighted by Crippen LogP contribution is -2.37. The summed E-state index contributed by atoms with van der Waals surface area (Å²) in [6.07, 6.45) is 4.46. The fraction of sp³-hybridized carbons (Fsp3) is 0.533. The summed E-state index contributed by atoms with van der Waals surface area (Å²) in [6, 6.07) is 4.07. The first-order valence-electron chi connectivity index (χ1n) is 6.94. The maximum absolute atomic E-state index is 13.0. The molecule has 1 aliphatic rings. The van der Waals surface area contributed by atoms with Gasteiger partial charge in [-0.15, -0.1) is 0 Å². The summed E-state index contributed by atoms with van der Waals surface area (Å²) >= 11 is 0. The molecule has 1 aromatic rings. The monoisotopic (exact) mass is 281 g/mol. The van der Waals surface area contributed by atoms with Crippen LogP contribution in [0.3, 0.4) is 0 Å². The standard InChI is InChI=1S/C15H20FNO3/c1-17-8-3-2-4-12(17)7-9-20-14-6-5-11(16)10-13(14)15(18)19/h5-6,10,12H,2-4,7-9H2,1H3,(H,18,19). The second kappa shape index (κ2) is 6.70. The first-order valence-corrected chi connectivity index (χ1v) is 6.94. The Labute approximate surface area is 118 Å². The molecule has 1 aliphatic heterocycles. The molecule has 0 spiro atoms. The van der Waals surface area contributed by atoms with Crippen molar-refractivity contribution in [1.82, 2.24) is 4.90 Å². The van der Waals surface area contributed by atoms with Gasteiger partial charge in [-0.05, 0) is 51.1 Å². The van der Waals surface area contributed by atoms with Gasteiger partial charge in [0, 0.05) is 6.04 Å². The van der Waals surface area contributed by atoms with E-state index in [9.17, 15) is 9.18 Å². The van der Waals surface area contributed by atoms with Crippen LogP contribution < -0.4 is 4.74 Å². The molecule has 1 atom stereocenters. The first kappa shape index (κ1) is 14.8. The molecule has 1 unspecified atom stereocenters. The zero-order chi connectivity index (χ0) is 14.5. The molecule has 0 saturated carbocycles. The highest BCUT2D eigenvalue weighted by Gasteiger charge is 2.19. The van der Waals surface area contributed by atoms with Crippen molar-refractivity contribution in [2.24, 2.45) is 0 Å². The fourth-order valence-electron chi connectivity index (χ4n) is 2.61. The van der Waals surface area contributed by atoms with E-state index in [-0.39, 0.29) is 11.3 Å². The highest BCUT2D eigenvalue weighted by Crippen LogP contribution is 2.22. The van der Waals surface area contributed by atoms with E-state index in [1.54, 1.807) is 0 Å². The Kier molecular flexibility index (Phi) is 4.95. The largest absolute Gasteiger partial charge is 0.493 e. The summed E-state index contributed by atoms with van der Waals surface area (Å²) in [6.45, 7) is 1.54. The van der Waals surface area contributed by atoms with Gasteiger partial charge in [0.25, 0.3) is 0 Å². The van der Waals surface area contributed by atoms with Crippen LogP contribution in [0.1, 0.15) is 36.0 Å². The number of hydrogen-bond acceptors (Lipinski definition) is 3. The van der Waals surface area contributed by atoms with Crippen LogP contribution in [0.15, 0.2) is 18.2 Å². The van der Waals surface area contributed by atoms with Gasteiger partial charge in [0.05, 0.1) is 6.61 Å². The number of piperidine rings is 1. The van der Waals surface area contributed by atoms with E-state index in [0.717, 1.165) is 25.5 Å². The molecular weight excluding hydrogens is 261 g/mol. The van der Waals surface area contributed by atoms with Gasteiger partial charge in [-0.1, -0.05) is 6.42 Å². The second-order valence-corrected chi connectivity index (χ2v) is 5.21. The average molecular weight is 281 g/mol. The molecule has 0 aliphatic carbocycles. The lowest BCUT2D eigenvalue weighted by Gasteiger charge is -2.32. The van der Waals surface area contributed by atoms with E-state index in [2.05, 4.69) is 11.9 Å².